The standard InChI is InChI=1S/C18H18N6O2/c25-16-7-11(18(26)23-6-5-14-15(9-23)20-10-19-14)8-24(16)17-12-3-1-2-4-13(12)21-22-17/h1-4,10-11H,5-9H2,(H,19,20)(H,21,22). The first-order valence-corrected chi connectivity index (χ1v) is 8.74. The Morgan fingerprint density at radius 1 is 1.27 bits per heavy atom. The highest BCUT2D eigenvalue weighted by molar-refractivity contribution is 6.05. The molecular weight excluding hydrogens is 332 g/mol. The third-order valence-corrected chi connectivity index (χ3v) is 5.27. The molecule has 0 saturated carbocycles. The molecule has 132 valence electrons. The molecule has 2 aliphatic heterocycles. The van der Waals surface area contributed by atoms with E-state index in [1.54, 1.807) is 11.2 Å². The van der Waals surface area contributed by atoms with Gasteiger partial charge in [0.1, 0.15) is 0 Å². The lowest BCUT2D eigenvalue weighted by Crippen LogP contribution is -2.40. The fourth-order valence-electron chi connectivity index (χ4n) is 3.89. The van der Waals surface area contributed by atoms with Gasteiger partial charge in [0.25, 0.3) is 0 Å². The average molecular weight is 350 g/mol. The molecule has 3 aromatic rings. The van der Waals surface area contributed by atoms with E-state index >= 15 is 0 Å². The van der Waals surface area contributed by atoms with Crippen LogP contribution in [0.2, 0.25) is 0 Å². The second-order valence-corrected chi connectivity index (χ2v) is 6.84. The van der Waals surface area contributed by atoms with Crippen LogP contribution in [-0.4, -0.2) is 50.0 Å². The summed E-state index contributed by atoms with van der Waals surface area (Å²) in [6, 6.07) is 7.69. The summed E-state index contributed by atoms with van der Waals surface area (Å²) in [6.07, 6.45) is 2.65. The Labute approximate surface area is 149 Å². The van der Waals surface area contributed by atoms with Gasteiger partial charge in [-0.05, 0) is 12.1 Å². The maximum Gasteiger partial charge on any atom is 0.229 e. The molecule has 0 spiro atoms. The second kappa shape index (κ2) is 5.69. The summed E-state index contributed by atoms with van der Waals surface area (Å²) in [7, 11) is 0. The number of imidazole rings is 1. The van der Waals surface area contributed by atoms with Gasteiger partial charge in [-0.1, -0.05) is 12.1 Å². The van der Waals surface area contributed by atoms with E-state index in [4.69, 9.17) is 0 Å². The first-order valence-electron chi connectivity index (χ1n) is 8.74. The molecule has 4 heterocycles. The monoisotopic (exact) mass is 350 g/mol. The number of para-hydroxylation sites is 1. The molecule has 2 aromatic heterocycles. The molecule has 2 amide bonds. The normalized spacial score (nSPS) is 20.0. The van der Waals surface area contributed by atoms with Gasteiger partial charge in [0, 0.05) is 31.3 Å². The lowest BCUT2D eigenvalue weighted by molar-refractivity contribution is -0.136. The van der Waals surface area contributed by atoms with Crippen LogP contribution in [0.1, 0.15) is 17.8 Å². The Morgan fingerprint density at radius 3 is 3.08 bits per heavy atom. The van der Waals surface area contributed by atoms with Crippen LogP contribution in [0.5, 0.6) is 0 Å². The van der Waals surface area contributed by atoms with E-state index in [1.807, 2.05) is 29.2 Å². The first-order chi connectivity index (χ1) is 12.7. The van der Waals surface area contributed by atoms with E-state index in [0.29, 0.717) is 25.5 Å². The molecule has 1 unspecified atom stereocenters. The van der Waals surface area contributed by atoms with Crippen molar-refractivity contribution >= 4 is 28.5 Å². The Bertz CT molecular complexity index is 1010. The number of benzene rings is 1. The van der Waals surface area contributed by atoms with Gasteiger partial charge in [-0.15, -0.1) is 0 Å². The van der Waals surface area contributed by atoms with Crippen LogP contribution < -0.4 is 4.90 Å². The largest absolute Gasteiger partial charge is 0.347 e. The third-order valence-electron chi connectivity index (χ3n) is 5.27. The van der Waals surface area contributed by atoms with Crippen LogP contribution in [-0.2, 0) is 22.6 Å². The van der Waals surface area contributed by atoms with Crippen molar-refractivity contribution in [1.29, 1.82) is 0 Å². The molecule has 0 aliphatic carbocycles. The Morgan fingerprint density at radius 2 is 2.15 bits per heavy atom. The molecule has 1 saturated heterocycles. The highest BCUT2D eigenvalue weighted by Gasteiger charge is 2.39. The molecule has 1 atom stereocenters. The number of nitrogens with zero attached hydrogens (tertiary/aromatic N) is 4. The van der Waals surface area contributed by atoms with Crippen molar-refractivity contribution in [3.8, 4) is 0 Å². The lowest BCUT2D eigenvalue weighted by atomic mass is 10.0. The van der Waals surface area contributed by atoms with Crippen molar-refractivity contribution in [2.45, 2.75) is 19.4 Å². The lowest BCUT2D eigenvalue weighted by Gasteiger charge is -2.28. The van der Waals surface area contributed by atoms with E-state index in [9.17, 15) is 9.59 Å². The molecule has 8 heteroatoms. The van der Waals surface area contributed by atoms with Crippen LogP contribution >= 0.6 is 0 Å². The van der Waals surface area contributed by atoms with Gasteiger partial charge in [0.05, 0.1) is 35.7 Å². The maximum atomic E-state index is 12.9. The maximum absolute atomic E-state index is 12.9. The molecule has 1 aromatic carbocycles. The number of amides is 2. The molecule has 0 bridgehead atoms. The van der Waals surface area contributed by atoms with Gasteiger partial charge in [0.2, 0.25) is 11.8 Å². The third kappa shape index (κ3) is 2.29. The summed E-state index contributed by atoms with van der Waals surface area (Å²) < 4.78 is 0. The number of aromatic nitrogens is 4. The number of hydrogen-bond acceptors (Lipinski definition) is 4. The Kier molecular flexibility index (Phi) is 3.31. The van der Waals surface area contributed by atoms with Crippen molar-refractivity contribution in [2.75, 3.05) is 18.0 Å². The number of rotatable bonds is 2. The number of aromatic amines is 2. The zero-order chi connectivity index (χ0) is 17.7. The topological polar surface area (TPSA) is 98.0 Å². The number of carbonyl (C=O) groups is 2. The second-order valence-electron chi connectivity index (χ2n) is 6.84. The minimum atomic E-state index is -0.331. The van der Waals surface area contributed by atoms with E-state index < -0.39 is 0 Å². The van der Waals surface area contributed by atoms with Crippen molar-refractivity contribution in [2.24, 2.45) is 5.92 Å². The van der Waals surface area contributed by atoms with Gasteiger partial charge in [-0.25, -0.2) is 4.98 Å². The molecular formula is C18H18N6O2. The van der Waals surface area contributed by atoms with Gasteiger partial charge < -0.3 is 9.88 Å². The molecule has 2 N–H and O–H groups in total. The van der Waals surface area contributed by atoms with Gasteiger partial charge >= 0.3 is 0 Å². The molecule has 2 aliphatic rings. The fraction of sp³-hybridized carbons (Fsp3) is 0.333. The van der Waals surface area contributed by atoms with Crippen LogP contribution in [0.15, 0.2) is 30.6 Å². The number of H-pyrrole nitrogens is 2. The summed E-state index contributed by atoms with van der Waals surface area (Å²) in [4.78, 5) is 36.3. The van der Waals surface area contributed by atoms with Crippen molar-refractivity contribution in [3.05, 3.63) is 42.0 Å². The summed E-state index contributed by atoms with van der Waals surface area (Å²) in [5.74, 6) is 0.249. The molecule has 5 rings (SSSR count). The number of anilines is 1. The Balaban J connectivity index is 1.36. The SMILES string of the molecule is O=C(C1CC(=O)N(c2n[nH]c3ccccc23)C1)N1CCc2nc[nH]c2C1. The summed E-state index contributed by atoms with van der Waals surface area (Å²) >= 11 is 0. The van der Waals surface area contributed by atoms with Gasteiger partial charge in [-0.2, -0.15) is 5.10 Å². The van der Waals surface area contributed by atoms with Crippen molar-refractivity contribution in [3.63, 3.8) is 0 Å². The number of nitrogens with one attached hydrogen (secondary N) is 2. The minimum absolute atomic E-state index is 0.0286. The molecule has 1 fully saturated rings. The van der Waals surface area contributed by atoms with E-state index in [0.717, 1.165) is 28.7 Å². The van der Waals surface area contributed by atoms with Gasteiger partial charge in [-0.3, -0.25) is 19.6 Å². The highest BCUT2D eigenvalue weighted by atomic mass is 16.2. The molecule has 26 heavy (non-hydrogen) atoms. The number of hydrogen-bond donors (Lipinski definition) is 2. The number of carbonyl (C=O) groups excluding carboxylic acids is 2. The summed E-state index contributed by atoms with van der Waals surface area (Å²) in [6.45, 7) is 1.55. The fourth-order valence-corrected chi connectivity index (χ4v) is 3.89. The average Bonchev–Trinajstić information content (AvgIpc) is 3.38. The first kappa shape index (κ1) is 15.1. The predicted octanol–water partition coefficient (Wildman–Crippen LogP) is 1.22. The van der Waals surface area contributed by atoms with Crippen LogP contribution in [0.25, 0.3) is 10.9 Å². The summed E-state index contributed by atoms with van der Waals surface area (Å²) in [5.41, 5.74) is 2.90. The Hall–Kier alpha value is -3.16. The predicted molar refractivity (Wildman–Crippen MR) is 94.3 cm³/mol. The quantitative estimate of drug-likeness (QED) is 0.726. The van der Waals surface area contributed by atoms with Crippen LogP contribution in [0.3, 0.4) is 0 Å². The van der Waals surface area contributed by atoms with Gasteiger partial charge in [0.15, 0.2) is 5.82 Å². The molecule has 0 radical (unpaired) electrons. The van der Waals surface area contributed by atoms with E-state index in [1.165, 1.54) is 0 Å². The molecule has 8 nitrogen and oxygen atoms in total. The van der Waals surface area contributed by atoms with Crippen LogP contribution in [0.4, 0.5) is 5.82 Å². The van der Waals surface area contributed by atoms with Crippen molar-refractivity contribution < 1.29 is 9.59 Å². The number of fused-ring (bicyclic) bond motifs is 2. The zero-order valence-corrected chi connectivity index (χ0v) is 14.1. The van der Waals surface area contributed by atoms with Crippen molar-refractivity contribution in [1.82, 2.24) is 25.1 Å². The van der Waals surface area contributed by atoms with E-state index in [-0.39, 0.29) is 24.2 Å². The summed E-state index contributed by atoms with van der Waals surface area (Å²) in [5, 5.41) is 8.15. The smallest absolute Gasteiger partial charge is 0.229 e. The highest BCUT2D eigenvalue weighted by Crippen LogP contribution is 2.31. The minimum Gasteiger partial charge on any atom is -0.347 e. The zero-order valence-electron chi connectivity index (χ0n) is 14.1. The van der Waals surface area contributed by atoms with Crippen LogP contribution in [0, 0.1) is 5.92 Å². The van der Waals surface area contributed by atoms with E-state index in [2.05, 4.69) is 20.2 Å².